The fourth-order valence-electron chi connectivity index (χ4n) is 2.06. The summed E-state index contributed by atoms with van der Waals surface area (Å²) in [6.07, 6.45) is 2.19. The number of benzene rings is 1. The first-order valence-corrected chi connectivity index (χ1v) is 7.74. The first kappa shape index (κ1) is 15.0. The van der Waals surface area contributed by atoms with Gasteiger partial charge < -0.3 is 10.5 Å². The molecule has 0 aromatic heterocycles. The van der Waals surface area contributed by atoms with Gasteiger partial charge in [-0.3, -0.25) is 0 Å². The lowest BCUT2D eigenvalue weighted by Crippen LogP contribution is -2.19. The van der Waals surface area contributed by atoms with Gasteiger partial charge in [0.2, 0.25) is 0 Å². The largest absolute Gasteiger partial charge is 0.494 e. The van der Waals surface area contributed by atoms with E-state index in [1.165, 1.54) is 0 Å². The summed E-state index contributed by atoms with van der Waals surface area (Å²) in [7, 11) is 0. The van der Waals surface area contributed by atoms with Crippen LogP contribution >= 0.6 is 11.8 Å². The third kappa shape index (κ3) is 3.37. The molecule has 0 saturated carbocycles. The van der Waals surface area contributed by atoms with Gasteiger partial charge in [-0.2, -0.15) is 0 Å². The summed E-state index contributed by atoms with van der Waals surface area (Å²) in [6, 6.07) is 8.13. The van der Waals surface area contributed by atoms with Crippen molar-refractivity contribution in [2.24, 2.45) is 16.1 Å². The third-order valence-electron chi connectivity index (χ3n) is 3.08. The Bertz CT molecular complexity index is 544. The summed E-state index contributed by atoms with van der Waals surface area (Å²) in [5.41, 5.74) is 8.18. The molecule has 0 saturated heterocycles. The predicted octanol–water partition coefficient (Wildman–Crippen LogP) is 4.12. The second-order valence-corrected chi connectivity index (χ2v) is 6.92. The number of para-hydroxylation sites is 1. The van der Waals surface area contributed by atoms with Gasteiger partial charge in [0.05, 0.1) is 11.9 Å². The Morgan fingerprint density at radius 3 is 2.65 bits per heavy atom. The highest BCUT2D eigenvalue weighted by Gasteiger charge is 2.26. The molecule has 108 valence electrons. The molecule has 1 atom stereocenters. The van der Waals surface area contributed by atoms with Crippen LogP contribution in [0.5, 0.6) is 5.75 Å². The van der Waals surface area contributed by atoms with Gasteiger partial charge in [0.15, 0.2) is 5.17 Å². The predicted molar refractivity (Wildman–Crippen MR) is 87.1 cm³/mol. The molecule has 0 bridgehead atoms. The molecule has 4 heteroatoms. The van der Waals surface area contributed by atoms with Crippen LogP contribution in [0.1, 0.15) is 38.5 Å². The van der Waals surface area contributed by atoms with E-state index in [-0.39, 0.29) is 10.7 Å². The number of hydrogen-bond acceptors (Lipinski definition) is 4. The molecule has 1 aliphatic heterocycles. The molecule has 2 N–H and O–H groups in total. The number of thioether (sulfide) groups is 1. The second-order valence-electron chi connectivity index (χ2n) is 5.76. The molecule has 1 aromatic rings. The molecule has 0 spiro atoms. The van der Waals surface area contributed by atoms with E-state index >= 15 is 0 Å². The molecule has 2 rings (SSSR count). The van der Waals surface area contributed by atoms with Crippen molar-refractivity contribution >= 4 is 16.9 Å². The number of hydrogen-bond donors (Lipinski definition) is 1. The summed E-state index contributed by atoms with van der Waals surface area (Å²) >= 11 is 1.57. The van der Waals surface area contributed by atoms with E-state index in [1.807, 2.05) is 25.1 Å². The highest BCUT2D eigenvalue weighted by molar-refractivity contribution is 8.14. The molecule has 0 fully saturated rings. The Kier molecular flexibility index (Phi) is 4.43. The average molecular weight is 290 g/mol. The fraction of sp³-hybridized carbons (Fsp3) is 0.438. The molecule has 0 aliphatic carbocycles. The summed E-state index contributed by atoms with van der Waals surface area (Å²) in [5, 5.41) is 0.776. The van der Waals surface area contributed by atoms with Gasteiger partial charge in [-0.05, 0) is 19.1 Å². The maximum Gasteiger partial charge on any atom is 0.159 e. The van der Waals surface area contributed by atoms with Crippen molar-refractivity contribution in [3.05, 3.63) is 41.6 Å². The third-order valence-corrected chi connectivity index (χ3v) is 4.06. The molecular weight excluding hydrogens is 268 g/mol. The zero-order chi connectivity index (χ0) is 14.8. The second kappa shape index (κ2) is 5.92. The van der Waals surface area contributed by atoms with Crippen LogP contribution in [-0.2, 0) is 0 Å². The first-order valence-electron chi connectivity index (χ1n) is 6.86. The van der Waals surface area contributed by atoms with Crippen LogP contribution in [0.2, 0.25) is 0 Å². The van der Waals surface area contributed by atoms with Crippen molar-refractivity contribution in [3.63, 3.8) is 0 Å². The number of aliphatic imine (C=N–C) groups is 1. The number of nitrogens with zero attached hydrogens (tertiary/aromatic N) is 1. The maximum absolute atomic E-state index is 6.00. The van der Waals surface area contributed by atoms with Gasteiger partial charge in [-0.1, -0.05) is 50.7 Å². The molecule has 0 radical (unpaired) electrons. The minimum atomic E-state index is -0.00952. The average Bonchev–Trinajstić information content (AvgIpc) is 2.38. The summed E-state index contributed by atoms with van der Waals surface area (Å²) in [5.74, 6) is 0.923. The topological polar surface area (TPSA) is 47.6 Å². The number of allylic oxidation sites excluding steroid dienone is 1. The van der Waals surface area contributed by atoms with Gasteiger partial charge in [-0.15, -0.1) is 0 Å². The van der Waals surface area contributed by atoms with E-state index in [1.54, 1.807) is 11.8 Å². The quantitative estimate of drug-likeness (QED) is 0.911. The van der Waals surface area contributed by atoms with Gasteiger partial charge in [-0.25, -0.2) is 4.99 Å². The summed E-state index contributed by atoms with van der Waals surface area (Å²) in [6.45, 7) is 9.11. The SMILES string of the molecule is CCOc1ccccc1C1C=C(C(C)(C)C)N=C(N)S1. The van der Waals surface area contributed by atoms with Crippen LogP contribution in [0.4, 0.5) is 0 Å². The normalized spacial score (nSPS) is 19.3. The van der Waals surface area contributed by atoms with Crippen molar-refractivity contribution in [2.45, 2.75) is 32.9 Å². The van der Waals surface area contributed by atoms with Crippen LogP contribution in [0.25, 0.3) is 0 Å². The van der Waals surface area contributed by atoms with Crippen molar-refractivity contribution in [1.29, 1.82) is 0 Å². The van der Waals surface area contributed by atoms with E-state index < -0.39 is 0 Å². The standard InChI is InChI=1S/C16H22N2OS/c1-5-19-12-9-7-6-8-11(12)13-10-14(16(2,3)4)18-15(17)20-13/h6-10,13H,5H2,1-4H3,(H2,17,18). The molecule has 0 amide bonds. The van der Waals surface area contributed by atoms with E-state index in [9.17, 15) is 0 Å². The maximum atomic E-state index is 6.00. The van der Waals surface area contributed by atoms with E-state index in [4.69, 9.17) is 10.5 Å². The van der Waals surface area contributed by atoms with Crippen LogP contribution in [-0.4, -0.2) is 11.8 Å². The Morgan fingerprint density at radius 2 is 2.00 bits per heavy atom. The minimum Gasteiger partial charge on any atom is -0.494 e. The monoisotopic (exact) mass is 290 g/mol. The van der Waals surface area contributed by atoms with Crippen molar-refractivity contribution in [2.75, 3.05) is 6.61 Å². The first-order chi connectivity index (χ1) is 9.41. The lowest BCUT2D eigenvalue weighted by atomic mass is 9.91. The number of rotatable bonds is 3. The highest BCUT2D eigenvalue weighted by atomic mass is 32.2. The van der Waals surface area contributed by atoms with Crippen LogP contribution in [0.3, 0.4) is 0 Å². The van der Waals surface area contributed by atoms with E-state index in [2.05, 4.69) is 37.9 Å². The Hall–Kier alpha value is -1.42. The van der Waals surface area contributed by atoms with Gasteiger partial charge in [0, 0.05) is 16.7 Å². The van der Waals surface area contributed by atoms with Crippen molar-refractivity contribution < 1.29 is 4.74 Å². The molecule has 1 unspecified atom stereocenters. The van der Waals surface area contributed by atoms with Crippen LogP contribution < -0.4 is 10.5 Å². The number of nitrogens with two attached hydrogens (primary N) is 1. The summed E-state index contributed by atoms with van der Waals surface area (Å²) < 4.78 is 5.72. The fourth-order valence-corrected chi connectivity index (χ4v) is 2.99. The zero-order valence-electron chi connectivity index (χ0n) is 12.5. The zero-order valence-corrected chi connectivity index (χ0v) is 13.3. The Morgan fingerprint density at radius 1 is 1.30 bits per heavy atom. The lowest BCUT2D eigenvalue weighted by molar-refractivity contribution is 0.337. The van der Waals surface area contributed by atoms with E-state index in [0.717, 1.165) is 17.0 Å². The van der Waals surface area contributed by atoms with Gasteiger partial charge in [0.1, 0.15) is 5.75 Å². The summed E-state index contributed by atoms with van der Waals surface area (Å²) in [4.78, 5) is 4.48. The van der Waals surface area contributed by atoms with Gasteiger partial charge >= 0.3 is 0 Å². The molecule has 20 heavy (non-hydrogen) atoms. The highest BCUT2D eigenvalue weighted by Crippen LogP contribution is 2.42. The van der Waals surface area contributed by atoms with Crippen molar-refractivity contribution in [3.8, 4) is 5.75 Å². The molecule has 1 aromatic carbocycles. The van der Waals surface area contributed by atoms with Crippen molar-refractivity contribution in [1.82, 2.24) is 0 Å². The molecule has 1 aliphatic rings. The molecule has 1 heterocycles. The van der Waals surface area contributed by atoms with E-state index in [0.29, 0.717) is 11.8 Å². The molecule has 3 nitrogen and oxygen atoms in total. The smallest absolute Gasteiger partial charge is 0.159 e. The Labute approximate surface area is 125 Å². The van der Waals surface area contributed by atoms with Gasteiger partial charge in [0.25, 0.3) is 0 Å². The minimum absolute atomic E-state index is 0.00952. The number of amidine groups is 1. The Balaban J connectivity index is 2.39. The number of ether oxygens (including phenoxy) is 1. The van der Waals surface area contributed by atoms with Crippen LogP contribution in [0, 0.1) is 5.41 Å². The molecular formula is C16H22N2OS. The van der Waals surface area contributed by atoms with Crippen LogP contribution in [0.15, 0.2) is 41.0 Å². The lowest BCUT2D eigenvalue weighted by Gasteiger charge is -2.27.